The molecule has 1 aromatic heterocycles. The van der Waals surface area contributed by atoms with E-state index in [-0.39, 0.29) is 23.5 Å². The number of aromatic nitrogens is 1. The van der Waals surface area contributed by atoms with Crippen LogP contribution in [-0.4, -0.2) is 21.8 Å². The van der Waals surface area contributed by atoms with Gasteiger partial charge in [-0.1, -0.05) is 30.3 Å². The molecule has 0 amide bonds. The average Bonchev–Trinajstić information content (AvgIpc) is 2.40. The highest BCUT2D eigenvalue weighted by atomic mass is 16.4. The maximum Gasteiger partial charge on any atom is 0.337 e. The van der Waals surface area contributed by atoms with Gasteiger partial charge in [-0.15, -0.1) is 0 Å². The van der Waals surface area contributed by atoms with E-state index < -0.39 is 5.97 Å². The summed E-state index contributed by atoms with van der Waals surface area (Å²) in [7, 11) is 0. The first-order valence-electron chi connectivity index (χ1n) is 5.43. The molecule has 90 valence electrons. The lowest BCUT2D eigenvalue weighted by atomic mass is 10.1. The van der Waals surface area contributed by atoms with Crippen LogP contribution in [0.25, 0.3) is 0 Å². The fourth-order valence-corrected chi connectivity index (χ4v) is 1.56. The molecule has 18 heavy (non-hydrogen) atoms. The zero-order valence-electron chi connectivity index (χ0n) is 9.54. The van der Waals surface area contributed by atoms with Crippen LogP contribution in [0.3, 0.4) is 0 Å². The number of rotatable bonds is 4. The molecule has 0 fully saturated rings. The molecule has 4 heteroatoms. The molecule has 1 aromatic carbocycles. The van der Waals surface area contributed by atoms with E-state index in [0.29, 0.717) is 0 Å². The summed E-state index contributed by atoms with van der Waals surface area (Å²) in [6.45, 7) is 0. The van der Waals surface area contributed by atoms with Gasteiger partial charge < -0.3 is 5.11 Å². The summed E-state index contributed by atoms with van der Waals surface area (Å²) < 4.78 is 0. The first-order chi connectivity index (χ1) is 8.66. The molecule has 0 aliphatic heterocycles. The maximum atomic E-state index is 11.9. The minimum atomic E-state index is -1.05. The lowest BCUT2D eigenvalue weighted by Crippen LogP contribution is -2.07. The SMILES string of the molecule is O=C(O)c1ccc(C(=O)Cc2ccccc2)nc1. The smallest absolute Gasteiger partial charge is 0.337 e. The Bertz CT molecular complexity index is 561. The van der Waals surface area contributed by atoms with Gasteiger partial charge in [0.1, 0.15) is 5.69 Å². The summed E-state index contributed by atoms with van der Waals surface area (Å²) >= 11 is 0. The van der Waals surface area contributed by atoms with E-state index in [1.807, 2.05) is 30.3 Å². The van der Waals surface area contributed by atoms with Gasteiger partial charge in [-0.2, -0.15) is 0 Å². The molecule has 0 saturated heterocycles. The molecule has 0 aliphatic carbocycles. The Morgan fingerprint density at radius 2 is 1.78 bits per heavy atom. The Hall–Kier alpha value is -2.49. The second-order valence-corrected chi connectivity index (χ2v) is 3.82. The van der Waals surface area contributed by atoms with Gasteiger partial charge in [0.25, 0.3) is 0 Å². The minimum absolute atomic E-state index is 0.0752. The van der Waals surface area contributed by atoms with Crippen molar-refractivity contribution in [2.24, 2.45) is 0 Å². The minimum Gasteiger partial charge on any atom is -0.478 e. The van der Waals surface area contributed by atoms with E-state index >= 15 is 0 Å². The monoisotopic (exact) mass is 241 g/mol. The van der Waals surface area contributed by atoms with Crippen molar-refractivity contribution >= 4 is 11.8 Å². The molecule has 1 N–H and O–H groups in total. The van der Waals surface area contributed by atoms with E-state index in [9.17, 15) is 9.59 Å². The summed E-state index contributed by atoms with van der Waals surface area (Å²) in [6.07, 6.45) is 1.46. The Morgan fingerprint density at radius 3 is 2.33 bits per heavy atom. The number of carbonyl (C=O) groups excluding carboxylic acids is 1. The van der Waals surface area contributed by atoms with Gasteiger partial charge in [-0.25, -0.2) is 4.79 Å². The van der Waals surface area contributed by atoms with Crippen LogP contribution >= 0.6 is 0 Å². The zero-order valence-corrected chi connectivity index (χ0v) is 9.54. The third-order valence-electron chi connectivity index (χ3n) is 2.50. The van der Waals surface area contributed by atoms with E-state index in [0.717, 1.165) is 5.56 Å². The van der Waals surface area contributed by atoms with Crippen LogP contribution in [0.4, 0.5) is 0 Å². The molecule has 4 nitrogen and oxygen atoms in total. The molecule has 0 aliphatic rings. The van der Waals surface area contributed by atoms with Crippen LogP contribution in [0.15, 0.2) is 48.7 Å². The van der Waals surface area contributed by atoms with Crippen LogP contribution in [0.5, 0.6) is 0 Å². The van der Waals surface area contributed by atoms with Gasteiger partial charge in [0, 0.05) is 12.6 Å². The maximum absolute atomic E-state index is 11.9. The predicted molar refractivity (Wildman–Crippen MR) is 65.7 cm³/mol. The third kappa shape index (κ3) is 2.79. The Balaban J connectivity index is 2.12. The Labute approximate surface area is 104 Å². The molecule has 1 heterocycles. The molecule has 2 aromatic rings. The van der Waals surface area contributed by atoms with Gasteiger partial charge >= 0.3 is 5.97 Å². The highest BCUT2D eigenvalue weighted by Crippen LogP contribution is 2.06. The number of aromatic carboxylic acids is 1. The summed E-state index contributed by atoms with van der Waals surface area (Å²) in [6, 6.07) is 12.2. The summed E-state index contributed by atoms with van der Waals surface area (Å²) in [5.74, 6) is -1.18. The number of carboxylic acids is 1. The van der Waals surface area contributed by atoms with Gasteiger partial charge in [0.05, 0.1) is 5.56 Å². The van der Waals surface area contributed by atoms with Crippen molar-refractivity contribution in [2.45, 2.75) is 6.42 Å². The molecule has 0 radical (unpaired) electrons. The second-order valence-electron chi connectivity index (χ2n) is 3.82. The normalized spacial score (nSPS) is 10.0. The van der Waals surface area contributed by atoms with Crippen LogP contribution in [-0.2, 0) is 6.42 Å². The number of carbonyl (C=O) groups is 2. The van der Waals surface area contributed by atoms with Crippen molar-refractivity contribution in [3.05, 3.63) is 65.5 Å². The van der Waals surface area contributed by atoms with E-state index in [4.69, 9.17) is 5.11 Å². The largest absolute Gasteiger partial charge is 0.478 e. The second kappa shape index (κ2) is 5.23. The van der Waals surface area contributed by atoms with Crippen molar-refractivity contribution in [2.75, 3.05) is 0 Å². The summed E-state index contributed by atoms with van der Waals surface area (Å²) in [4.78, 5) is 26.4. The van der Waals surface area contributed by atoms with Crippen molar-refractivity contribution in [3.8, 4) is 0 Å². The average molecular weight is 241 g/mol. The Morgan fingerprint density at radius 1 is 1.06 bits per heavy atom. The molecule has 0 saturated carbocycles. The molecule has 0 atom stereocenters. The van der Waals surface area contributed by atoms with Crippen LogP contribution in [0, 0.1) is 0 Å². The summed E-state index contributed by atoms with van der Waals surface area (Å²) in [5.41, 5.74) is 1.27. The number of nitrogens with zero attached hydrogens (tertiary/aromatic N) is 1. The van der Waals surface area contributed by atoms with Crippen molar-refractivity contribution in [1.82, 2.24) is 4.98 Å². The van der Waals surface area contributed by atoms with E-state index in [1.165, 1.54) is 18.3 Å². The molecule has 2 rings (SSSR count). The van der Waals surface area contributed by atoms with Gasteiger partial charge in [0.15, 0.2) is 5.78 Å². The van der Waals surface area contributed by atoms with Gasteiger partial charge in [-0.05, 0) is 17.7 Å². The van der Waals surface area contributed by atoms with E-state index in [1.54, 1.807) is 0 Å². The summed E-state index contributed by atoms with van der Waals surface area (Å²) in [5, 5.41) is 8.72. The van der Waals surface area contributed by atoms with Gasteiger partial charge in [0.2, 0.25) is 0 Å². The standard InChI is InChI=1S/C14H11NO3/c16-13(8-10-4-2-1-3-5-10)12-7-6-11(9-15-12)14(17)18/h1-7,9H,8H2,(H,17,18). The quantitative estimate of drug-likeness (QED) is 0.833. The van der Waals surface area contributed by atoms with Crippen molar-refractivity contribution in [3.63, 3.8) is 0 Å². The molecule has 0 bridgehead atoms. The number of pyridine rings is 1. The van der Waals surface area contributed by atoms with Crippen molar-refractivity contribution in [1.29, 1.82) is 0 Å². The van der Waals surface area contributed by atoms with Crippen LogP contribution < -0.4 is 0 Å². The lowest BCUT2D eigenvalue weighted by molar-refractivity contribution is 0.0695. The van der Waals surface area contributed by atoms with Crippen LogP contribution in [0.1, 0.15) is 26.4 Å². The molecular formula is C14H11NO3. The number of ketones is 1. The number of hydrogen-bond acceptors (Lipinski definition) is 3. The fourth-order valence-electron chi connectivity index (χ4n) is 1.56. The lowest BCUT2D eigenvalue weighted by Gasteiger charge is -2.01. The third-order valence-corrected chi connectivity index (χ3v) is 2.50. The first kappa shape index (κ1) is 12.0. The highest BCUT2D eigenvalue weighted by Gasteiger charge is 2.10. The van der Waals surface area contributed by atoms with Crippen molar-refractivity contribution < 1.29 is 14.7 Å². The number of Topliss-reactive ketones (excluding diaryl/α,β-unsaturated/α-hetero) is 1. The number of carboxylic acid groups (broad SMARTS) is 1. The van der Waals surface area contributed by atoms with E-state index in [2.05, 4.69) is 4.98 Å². The molecular weight excluding hydrogens is 230 g/mol. The molecule has 0 spiro atoms. The predicted octanol–water partition coefficient (Wildman–Crippen LogP) is 2.21. The topological polar surface area (TPSA) is 67.3 Å². The van der Waals surface area contributed by atoms with Gasteiger partial charge in [-0.3, -0.25) is 9.78 Å². The Kier molecular flexibility index (Phi) is 3.48. The van der Waals surface area contributed by atoms with Crippen LogP contribution in [0.2, 0.25) is 0 Å². The first-order valence-corrected chi connectivity index (χ1v) is 5.43. The highest BCUT2D eigenvalue weighted by molar-refractivity contribution is 5.96. The fraction of sp³-hybridized carbons (Fsp3) is 0.0714. The zero-order chi connectivity index (χ0) is 13.0. The number of benzene rings is 1. The number of hydrogen-bond donors (Lipinski definition) is 1. The molecule has 0 unspecified atom stereocenters.